The summed E-state index contributed by atoms with van der Waals surface area (Å²) in [5, 5.41) is 0. The van der Waals surface area contributed by atoms with Gasteiger partial charge in [-0.3, -0.25) is 14.4 Å². The van der Waals surface area contributed by atoms with Gasteiger partial charge in [0.05, 0.1) is 7.11 Å². The van der Waals surface area contributed by atoms with Crippen molar-refractivity contribution in [2.75, 3.05) is 7.11 Å². The Balaban J connectivity index is 1.60. The minimum atomic E-state index is -0.355. The number of fused-ring (bicyclic) bond motifs is 6. The molecule has 5 rings (SSSR count). The summed E-state index contributed by atoms with van der Waals surface area (Å²) in [7, 11) is 1.45. The van der Waals surface area contributed by atoms with E-state index in [1.165, 1.54) is 18.3 Å². The molecule has 0 bridgehead atoms. The molecule has 0 radical (unpaired) electrons. The van der Waals surface area contributed by atoms with Crippen LogP contribution in [-0.2, 0) is 23.9 Å². The zero-order valence-corrected chi connectivity index (χ0v) is 18.3. The van der Waals surface area contributed by atoms with E-state index in [1.807, 2.05) is 6.08 Å². The highest BCUT2D eigenvalue weighted by Crippen LogP contribution is 2.69. The van der Waals surface area contributed by atoms with Crippen molar-refractivity contribution in [3.63, 3.8) is 0 Å². The number of esters is 2. The van der Waals surface area contributed by atoms with Crippen LogP contribution in [0.5, 0.6) is 0 Å². The molecule has 0 aromatic heterocycles. The molecule has 3 fully saturated rings. The Labute approximate surface area is 178 Å². The number of hydrogen-bond acceptors (Lipinski definition) is 5. The van der Waals surface area contributed by atoms with E-state index in [0.29, 0.717) is 25.2 Å². The van der Waals surface area contributed by atoms with Crippen molar-refractivity contribution in [1.29, 1.82) is 0 Å². The summed E-state index contributed by atoms with van der Waals surface area (Å²) in [6.45, 7) is 4.60. The lowest BCUT2D eigenvalue weighted by Gasteiger charge is -2.57. The Hall–Kier alpha value is -1.91. The lowest BCUT2D eigenvalue weighted by atomic mass is 9.47. The van der Waals surface area contributed by atoms with Crippen LogP contribution in [0.15, 0.2) is 23.3 Å². The first kappa shape index (κ1) is 20.0. The number of carbonyl (C=O) groups is 3. The fourth-order valence-electron chi connectivity index (χ4n) is 7.78. The second-order valence-corrected chi connectivity index (χ2v) is 10.6. The Bertz CT molecular complexity index is 884. The van der Waals surface area contributed by atoms with E-state index >= 15 is 0 Å². The van der Waals surface area contributed by atoms with Crippen molar-refractivity contribution in [2.24, 2.45) is 28.6 Å². The molecule has 1 spiro atoms. The van der Waals surface area contributed by atoms with Crippen molar-refractivity contribution in [3.8, 4) is 0 Å². The summed E-state index contributed by atoms with van der Waals surface area (Å²) in [6, 6.07) is 0. The van der Waals surface area contributed by atoms with Gasteiger partial charge in [-0.05, 0) is 62.4 Å². The van der Waals surface area contributed by atoms with Gasteiger partial charge in [-0.2, -0.15) is 0 Å². The Kier molecular flexibility index (Phi) is 4.37. The average Bonchev–Trinajstić information content (AvgIpc) is 3.23. The number of hydrogen-bond donors (Lipinski definition) is 0. The van der Waals surface area contributed by atoms with Gasteiger partial charge in [-0.1, -0.05) is 31.1 Å². The van der Waals surface area contributed by atoms with Gasteiger partial charge in [0.25, 0.3) is 0 Å². The van der Waals surface area contributed by atoms with Gasteiger partial charge in [-0.15, -0.1) is 0 Å². The molecule has 1 heterocycles. The SMILES string of the molecule is COC(=O)C[C@@H]1CC2=CC(=O)CCC2(C)C2=CCC3(C)C(CC[C@@]34CCC(=O)O4)C21. The molecule has 0 amide bonds. The summed E-state index contributed by atoms with van der Waals surface area (Å²) in [5.74, 6) is 0.746. The number of allylic oxidation sites excluding steroid dienone is 4. The molecule has 4 unspecified atom stereocenters. The molecule has 0 aromatic rings. The Morgan fingerprint density at radius 3 is 2.70 bits per heavy atom. The van der Waals surface area contributed by atoms with Crippen molar-refractivity contribution in [2.45, 2.75) is 77.2 Å². The first-order valence-electron chi connectivity index (χ1n) is 11.5. The van der Waals surface area contributed by atoms with E-state index in [-0.39, 0.29) is 46.0 Å². The number of methoxy groups -OCH3 is 1. The lowest BCUT2D eigenvalue weighted by Crippen LogP contribution is -2.53. The van der Waals surface area contributed by atoms with Crippen LogP contribution < -0.4 is 0 Å². The molecule has 162 valence electrons. The fraction of sp³-hybridized carbons (Fsp3) is 0.720. The second kappa shape index (κ2) is 6.54. The van der Waals surface area contributed by atoms with Gasteiger partial charge in [-0.25, -0.2) is 0 Å². The molecule has 0 aromatic carbocycles. The van der Waals surface area contributed by atoms with Gasteiger partial charge in [0, 0.05) is 30.1 Å². The maximum Gasteiger partial charge on any atom is 0.306 e. The van der Waals surface area contributed by atoms with E-state index in [4.69, 9.17) is 9.47 Å². The number of ether oxygens (including phenoxy) is 2. The fourth-order valence-corrected chi connectivity index (χ4v) is 7.78. The lowest BCUT2D eigenvalue weighted by molar-refractivity contribution is -0.161. The van der Waals surface area contributed by atoms with Crippen LogP contribution in [-0.4, -0.2) is 30.4 Å². The van der Waals surface area contributed by atoms with Crippen LogP contribution in [0.1, 0.15) is 71.6 Å². The van der Waals surface area contributed by atoms with Crippen molar-refractivity contribution in [1.82, 2.24) is 0 Å². The van der Waals surface area contributed by atoms with Gasteiger partial charge < -0.3 is 9.47 Å². The summed E-state index contributed by atoms with van der Waals surface area (Å²) in [6.07, 6.45) is 11.0. The van der Waals surface area contributed by atoms with Crippen LogP contribution in [0.25, 0.3) is 0 Å². The molecule has 5 nitrogen and oxygen atoms in total. The van der Waals surface area contributed by atoms with Crippen molar-refractivity contribution in [3.05, 3.63) is 23.3 Å². The standard InChI is InChI=1S/C25H32O5/c1-23-8-4-17(26)14-16(23)12-15(13-21(28)29-3)22-18(23)5-9-24(2)19(22)6-10-25(24)11-7-20(27)30-25/h5,14-15,19,22H,4,6-13H2,1-3H3/t15-,19?,22?,23?,24?,25+/m0/s1. The van der Waals surface area contributed by atoms with Gasteiger partial charge in [0.2, 0.25) is 0 Å². The minimum absolute atomic E-state index is 0.0654. The quantitative estimate of drug-likeness (QED) is 0.499. The van der Waals surface area contributed by atoms with Crippen LogP contribution in [0.3, 0.4) is 0 Å². The molecule has 4 aliphatic carbocycles. The summed E-state index contributed by atoms with van der Waals surface area (Å²) in [5.41, 5.74) is 2.08. The van der Waals surface area contributed by atoms with Crippen LogP contribution in [0, 0.1) is 28.6 Å². The largest absolute Gasteiger partial charge is 0.469 e. The molecule has 5 heteroatoms. The minimum Gasteiger partial charge on any atom is -0.469 e. The molecular formula is C25H32O5. The highest BCUT2D eigenvalue weighted by atomic mass is 16.6. The maximum atomic E-state index is 12.3. The second-order valence-electron chi connectivity index (χ2n) is 10.6. The maximum absolute atomic E-state index is 12.3. The molecular weight excluding hydrogens is 380 g/mol. The monoisotopic (exact) mass is 412 g/mol. The third kappa shape index (κ3) is 2.56. The summed E-state index contributed by atoms with van der Waals surface area (Å²) in [4.78, 5) is 36.6. The normalized spacial score (nSPS) is 44.6. The Morgan fingerprint density at radius 2 is 2.00 bits per heavy atom. The van der Waals surface area contributed by atoms with Gasteiger partial charge in [0.15, 0.2) is 5.78 Å². The molecule has 2 saturated carbocycles. The highest BCUT2D eigenvalue weighted by Gasteiger charge is 2.66. The topological polar surface area (TPSA) is 69.7 Å². The zero-order valence-electron chi connectivity index (χ0n) is 18.3. The van der Waals surface area contributed by atoms with E-state index in [9.17, 15) is 14.4 Å². The first-order chi connectivity index (χ1) is 14.2. The molecule has 5 aliphatic rings. The molecule has 30 heavy (non-hydrogen) atoms. The number of rotatable bonds is 2. The number of carbonyl (C=O) groups excluding carboxylic acids is 3. The van der Waals surface area contributed by atoms with Gasteiger partial charge >= 0.3 is 11.9 Å². The average molecular weight is 413 g/mol. The number of ketones is 1. The smallest absolute Gasteiger partial charge is 0.306 e. The van der Waals surface area contributed by atoms with E-state index < -0.39 is 0 Å². The highest BCUT2D eigenvalue weighted by molar-refractivity contribution is 5.92. The summed E-state index contributed by atoms with van der Waals surface area (Å²) < 4.78 is 11.1. The van der Waals surface area contributed by atoms with Gasteiger partial charge in [0.1, 0.15) is 5.60 Å². The predicted molar refractivity (Wildman–Crippen MR) is 110 cm³/mol. The zero-order chi connectivity index (χ0) is 21.3. The Morgan fingerprint density at radius 1 is 1.20 bits per heavy atom. The van der Waals surface area contributed by atoms with E-state index in [0.717, 1.165) is 38.5 Å². The third-order valence-electron chi connectivity index (χ3n) is 9.50. The summed E-state index contributed by atoms with van der Waals surface area (Å²) >= 11 is 0. The van der Waals surface area contributed by atoms with Crippen LogP contribution in [0.2, 0.25) is 0 Å². The molecule has 1 aliphatic heterocycles. The first-order valence-corrected chi connectivity index (χ1v) is 11.5. The molecule has 0 N–H and O–H groups in total. The van der Waals surface area contributed by atoms with E-state index in [2.05, 4.69) is 19.9 Å². The molecule has 6 atom stereocenters. The van der Waals surface area contributed by atoms with Crippen LogP contribution in [0.4, 0.5) is 0 Å². The van der Waals surface area contributed by atoms with Crippen molar-refractivity contribution >= 4 is 17.7 Å². The molecule has 1 saturated heterocycles. The van der Waals surface area contributed by atoms with E-state index in [1.54, 1.807) is 0 Å². The third-order valence-corrected chi connectivity index (χ3v) is 9.50. The van der Waals surface area contributed by atoms with Crippen molar-refractivity contribution < 1.29 is 23.9 Å². The predicted octanol–water partition coefficient (Wildman–Crippen LogP) is 4.30. The van der Waals surface area contributed by atoms with Crippen LogP contribution >= 0.6 is 0 Å².